The molecular weight excluding hydrogens is 308 g/mol. The van der Waals surface area contributed by atoms with Crippen molar-refractivity contribution in [1.82, 2.24) is 10.0 Å². The van der Waals surface area contributed by atoms with Gasteiger partial charge in [0.25, 0.3) is 0 Å². The molecule has 130 valence electrons. The van der Waals surface area contributed by atoms with Crippen LogP contribution in [0.5, 0.6) is 0 Å². The van der Waals surface area contributed by atoms with Crippen molar-refractivity contribution in [1.29, 1.82) is 0 Å². The molecule has 23 heavy (non-hydrogen) atoms. The average Bonchev–Trinajstić information content (AvgIpc) is 2.55. The molecule has 0 bridgehead atoms. The number of hydrogen-bond acceptors (Lipinski definition) is 3. The molecule has 0 radical (unpaired) electrons. The first-order chi connectivity index (χ1) is 11.0. The van der Waals surface area contributed by atoms with Crippen LogP contribution in [0.15, 0.2) is 24.3 Å². The Labute approximate surface area is 141 Å². The maximum absolute atomic E-state index is 11.8. The van der Waals surface area contributed by atoms with Crippen LogP contribution in [-0.2, 0) is 22.3 Å². The monoisotopic (exact) mass is 338 g/mol. The highest BCUT2D eigenvalue weighted by atomic mass is 32.2. The van der Waals surface area contributed by atoms with Crippen molar-refractivity contribution in [3.8, 4) is 0 Å². The molecule has 1 aromatic carbocycles. The molecule has 0 aliphatic heterocycles. The Morgan fingerprint density at radius 3 is 2.43 bits per heavy atom. The van der Waals surface area contributed by atoms with Gasteiger partial charge in [-0.15, -0.1) is 0 Å². The Morgan fingerprint density at radius 2 is 1.78 bits per heavy atom. The second-order valence-corrected chi connectivity index (χ2v) is 8.68. The molecule has 2 rings (SSSR count). The van der Waals surface area contributed by atoms with Crippen LogP contribution in [-0.4, -0.2) is 21.5 Å². The summed E-state index contributed by atoms with van der Waals surface area (Å²) in [4.78, 5) is 0. The van der Waals surface area contributed by atoms with Gasteiger partial charge in [-0.1, -0.05) is 56.4 Å². The fourth-order valence-corrected chi connectivity index (χ4v) is 4.27. The zero-order valence-corrected chi connectivity index (χ0v) is 15.2. The van der Waals surface area contributed by atoms with E-state index >= 15 is 0 Å². The lowest BCUT2D eigenvalue weighted by molar-refractivity contribution is 0.304. The van der Waals surface area contributed by atoms with E-state index in [2.05, 4.69) is 17.0 Å². The highest BCUT2D eigenvalue weighted by molar-refractivity contribution is 7.88. The zero-order chi connectivity index (χ0) is 16.7. The molecule has 0 heterocycles. The minimum atomic E-state index is -3.23. The highest BCUT2D eigenvalue weighted by Crippen LogP contribution is 2.27. The molecule has 0 aromatic heterocycles. The largest absolute Gasteiger partial charge is 0.310 e. The van der Waals surface area contributed by atoms with Crippen LogP contribution in [0.4, 0.5) is 0 Å². The third kappa shape index (κ3) is 6.24. The lowest BCUT2D eigenvalue weighted by Crippen LogP contribution is -2.29. The Hall–Kier alpha value is -0.910. The Bertz CT molecular complexity index is 580. The Morgan fingerprint density at radius 1 is 1.13 bits per heavy atom. The SMILES string of the molecule is CNS(=O)(=O)Cc1ccccc1CNC(C)CC1CCCCC1. The summed E-state index contributed by atoms with van der Waals surface area (Å²) in [6.07, 6.45) is 8.10. The van der Waals surface area contributed by atoms with E-state index in [1.165, 1.54) is 45.6 Å². The van der Waals surface area contributed by atoms with Crippen molar-refractivity contribution < 1.29 is 8.42 Å². The number of nitrogens with one attached hydrogen (secondary N) is 2. The van der Waals surface area contributed by atoms with E-state index in [9.17, 15) is 8.42 Å². The van der Waals surface area contributed by atoms with Gasteiger partial charge in [0.2, 0.25) is 10.0 Å². The van der Waals surface area contributed by atoms with Gasteiger partial charge >= 0.3 is 0 Å². The summed E-state index contributed by atoms with van der Waals surface area (Å²) in [6, 6.07) is 8.25. The van der Waals surface area contributed by atoms with Gasteiger partial charge in [0.05, 0.1) is 5.75 Å². The topological polar surface area (TPSA) is 58.2 Å². The smallest absolute Gasteiger partial charge is 0.215 e. The van der Waals surface area contributed by atoms with Gasteiger partial charge < -0.3 is 5.32 Å². The molecule has 1 atom stereocenters. The minimum absolute atomic E-state index is 0.0400. The summed E-state index contributed by atoms with van der Waals surface area (Å²) >= 11 is 0. The Kier molecular flexibility index (Phi) is 7.06. The summed E-state index contributed by atoms with van der Waals surface area (Å²) in [6.45, 7) is 2.96. The van der Waals surface area contributed by atoms with E-state index in [1.807, 2.05) is 24.3 Å². The quantitative estimate of drug-likeness (QED) is 0.765. The summed E-state index contributed by atoms with van der Waals surface area (Å²) in [5, 5.41) is 3.58. The maximum Gasteiger partial charge on any atom is 0.215 e. The zero-order valence-electron chi connectivity index (χ0n) is 14.3. The predicted molar refractivity (Wildman–Crippen MR) is 95.6 cm³/mol. The second-order valence-electron chi connectivity index (χ2n) is 6.75. The molecule has 5 heteroatoms. The maximum atomic E-state index is 11.8. The van der Waals surface area contributed by atoms with Crippen molar-refractivity contribution in [3.05, 3.63) is 35.4 Å². The molecule has 0 amide bonds. The normalized spacial score (nSPS) is 18.0. The first-order valence-corrected chi connectivity index (χ1v) is 10.4. The van der Waals surface area contributed by atoms with Gasteiger partial charge in [-0.25, -0.2) is 13.1 Å². The van der Waals surface area contributed by atoms with Crippen molar-refractivity contribution in [2.24, 2.45) is 5.92 Å². The van der Waals surface area contributed by atoms with E-state index in [1.54, 1.807) is 0 Å². The minimum Gasteiger partial charge on any atom is -0.310 e. The van der Waals surface area contributed by atoms with Crippen molar-refractivity contribution in [2.45, 2.75) is 63.8 Å². The third-order valence-electron chi connectivity index (χ3n) is 4.83. The summed E-state index contributed by atoms with van der Waals surface area (Å²) < 4.78 is 26.0. The van der Waals surface area contributed by atoms with E-state index in [4.69, 9.17) is 0 Å². The summed E-state index contributed by atoms with van der Waals surface area (Å²) in [5.41, 5.74) is 1.95. The van der Waals surface area contributed by atoms with Crippen LogP contribution in [0.25, 0.3) is 0 Å². The standard InChI is InChI=1S/C18H30N2O2S/c1-15(12-16-8-4-3-5-9-16)20-13-17-10-6-7-11-18(17)14-23(21,22)19-2/h6-7,10-11,15-16,19-20H,3-5,8-9,12-14H2,1-2H3. The highest BCUT2D eigenvalue weighted by Gasteiger charge is 2.17. The molecular formula is C18H30N2O2S. The fourth-order valence-electron chi connectivity index (χ4n) is 3.44. The molecule has 2 N–H and O–H groups in total. The van der Waals surface area contributed by atoms with Crippen LogP contribution in [0.2, 0.25) is 0 Å². The van der Waals surface area contributed by atoms with Crippen molar-refractivity contribution in [2.75, 3.05) is 7.05 Å². The molecule has 4 nitrogen and oxygen atoms in total. The van der Waals surface area contributed by atoms with Crippen LogP contribution in [0.3, 0.4) is 0 Å². The lowest BCUT2D eigenvalue weighted by atomic mass is 9.85. The van der Waals surface area contributed by atoms with Gasteiger partial charge in [-0.2, -0.15) is 0 Å². The number of sulfonamides is 1. The molecule has 1 unspecified atom stereocenters. The molecule has 1 aromatic rings. The summed E-state index contributed by atoms with van der Waals surface area (Å²) in [5.74, 6) is 0.893. The molecule has 1 aliphatic carbocycles. The van der Waals surface area contributed by atoms with E-state index < -0.39 is 10.0 Å². The van der Waals surface area contributed by atoms with Crippen molar-refractivity contribution in [3.63, 3.8) is 0 Å². The van der Waals surface area contributed by atoms with Crippen molar-refractivity contribution >= 4 is 10.0 Å². The third-order valence-corrected chi connectivity index (χ3v) is 6.14. The van der Waals surface area contributed by atoms with Crippen LogP contribution < -0.4 is 10.0 Å². The van der Waals surface area contributed by atoms with Gasteiger partial charge in [0.15, 0.2) is 0 Å². The van der Waals surface area contributed by atoms with E-state index in [0.29, 0.717) is 6.04 Å². The van der Waals surface area contributed by atoms with E-state index in [-0.39, 0.29) is 5.75 Å². The van der Waals surface area contributed by atoms with Gasteiger partial charge in [0, 0.05) is 12.6 Å². The average molecular weight is 339 g/mol. The number of rotatable bonds is 8. The molecule has 1 aliphatic rings. The lowest BCUT2D eigenvalue weighted by Gasteiger charge is -2.25. The number of hydrogen-bond donors (Lipinski definition) is 2. The molecule has 1 saturated carbocycles. The molecule has 0 saturated heterocycles. The van der Waals surface area contributed by atoms with Gasteiger partial charge in [-0.05, 0) is 37.4 Å². The van der Waals surface area contributed by atoms with E-state index in [0.717, 1.165) is 23.6 Å². The first kappa shape index (κ1) is 18.4. The number of benzene rings is 1. The van der Waals surface area contributed by atoms with Gasteiger partial charge in [0.1, 0.15) is 0 Å². The van der Waals surface area contributed by atoms with Crippen LogP contribution >= 0.6 is 0 Å². The summed E-state index contributed by atoms with van der Waals surface area (Å²) in [7, 11) is -1.77. The first-order valence-electron chi connectivity index (χ1n) is 8.71. The molecule has 1 fully saturated rings. The Balaban J connectivity index is 1.89. The predicted octanol–water partition coefficient (Wildman–Crippen LogP) is 3.18. The fraction of sp³-hybridized carbons (Fsp3) is 0.667. The molecule has 0 spiro atoms. The van der Waals surface area contributed by atoms with Crippen LogP contribution in [0.1, 0.15) is 56.6 Å². The second kappa shape index (κ2) is 8.81. The van der Waals surface area contributed by atoms with Gasteiger partial charge in [-0.3, -0.25) is 0 Å². The van der Waals surface area contributed by atoms with Crippen LogP contribution in [0, 0.1) is 5.92 Å².